The molecule has 0 spiro atoms. The van der Waals surface area contributed by atoms with Crippen molar-refractivity contribution in [3.63, 3.8) is 0 Å². The van der Waals surface area contributed by atoms with Crippen LogP contribution >= 0.6 is 0 Å². The van der Waals surface area contributed by atoms with Crippen LogP contribution in [0.1, 0.15) is 45.6 Å². The normalized spacial score (nSPS) is 10.6. The minimum Gasteiger partial charge on any atom is -0.357 e. The number of anilines is 1. The van der Waals surface area contributed by atoms with Crippen molar-refractivity contribution in [1.29, 1.82) is 0 Å². The summed E-state index contributed by atoms with van der Waals surface area (Å²) < 4.78 is 0. The van der Waals surface area contributed by atoms with Gasteiger partial charge in [0.15, 0.2) is 0 Å². The van der Waals surface area contributed by atoms with Gasteiger partial charge in [0.25, 0.3) is 0 Å². The highest BCUT2D eigenvalue weighted by Crippen LogP contribution is 2.17. The van der Waals surface area contributed by atoms with E-state index >= 15 is 0 Å². The molecule has 0 saturated carbocycles. The average molecular weight is 249 g/mol. The van der Waals surface area contributed by atoms with Gasteiger partial charge < -0.3 is 10.2 Å². The van der Waals surface area contributed by atoms with Gasteiger partial charge in [-0.25, -0.2) is 4.98 Å². The highest BCUT2D eigenvalue weighted by Gasteiger charge is 2.09. The first-order valence-electron chi connectivity index (χ1n) is 7.23. The first-order chi connectivity index (χ1) is 8.83. The Morgan fingerprint density at radius 1 is 1.22 bits per heavy atom. The highest BCUT2D eigenvalue weighted by molar-refractivity contribution is 5.46. The van der Waals surface area contributed by atoms with Gasteiger partial charge in [-0.2, -0.15) is 0 Å². The Labute approximate surface area is 112 Å². The van der Waals surface area contributed by atoms with Crippen LogP contribution in [0, 0.1) is 0 Å². The molecule has 0 radical (unpaired) electrons. The molecule has 1 aromatic rings. The molecule has 0 bridgehead atoms. The first kappa shape index (κ1) is 15.0. The van der Waals surface area contributed by atoms with Crippen molar-refractivity contribution in [3.8, 4) is 0 Å². The van der Waals surface area contributed by atoms with Gasteiger partial charge in [0.1, 0.15) is 5.82 Å². The van der Waals surface area contributed by atoms with E-state index in [9.17, 15) is 0 Å². The third kappa shape index (κ3) is 4.65. The van der Waals surface area contributed by atoms with E-state index in [0.717, 1.165) is 32.0 Å². The number of nitrogens with one attached hydrogen (secondary N) is 1. The van der Waals surface area contributed by atoms with Crippen LogP contribution in [-0.2, 0) is 6.54 Å². The van der Waals surface area contributed by atoms with Crippen LogP contribution in [-0.4, -0.2) is 24.6 Å². The van der Waals surface area contributed by atoms with Crippen LogP contribution in [0.5, 0.6) is 0 Å². The van der Waals surface area contributed by atoms with Crippen molar-refractivity contribution in [2.75, 3.05) is 24.5 Å². The summed E-state index contributed by atoms with van der Waals surface area (Å²) >= 11 is 0. The van der Waals surface area contributed by atoms with Gasteiger partial charge in [-0.3, -0.25) is 0 Å². The van der Waals surface area contributed by atoms with Crippen molar-refractivity contribution < 1.29 is 0 Å². The molecule has 18 heavy (non-hydrogen) atoms. The molecule has 0 atom stereocenters. The van der Waals surface area contributed by atoms with Gasteiger partial charge in [-0.05, 0) is 32.4 Å². The fraction of sp³-hybridized carbons (Fsp3) is 0.667. The standard InChI is InChI=1S/C15H27N3/c1-4-7-12-18(6-3)15-14(9-8-11-17-15)13-16-10-5-2/h8-9,11,16H,4-7,10,12-13H2,1-3H3. The molecule has 0 saturated heterocycles. The van der Waals surface area contributed by atoms with Crippen LogP contribution in [0.4, 0.5) is 5.82 Å². The zero-order valence-corrected chi connectivity index (χ0v) is 12.1. The Morgan fingerprint density at radius 3 is 2.72 bits per heavy atom. The van der Waals surface area contributed by atoms with Gasteiger partial charge in [0.2, 0.25) is 0 Å². The van der Waals surface area contributed by atoms with Crippen LogP contribution in [0.3, 0.4) is 0 Å². The maximum absolute atomic E-state index is 4.57. The number of pyridine rings is 1. The summed E-state index contributed by atoms with van der Waals surface area (Å²) in [4.78, 5) is 6.95. The lowest BCUT2D eigenvalue weighted by Gasteiger charge is -2.24. The van der Waals surface area contributed by atoms with E-state index in [1.165, 1.54) is 24.8 Å². The molecule has 0 amide bonds. The molecule has 1 N–H and O–H groups in total. The molecule has 0 aromatic carbocycles. The van der Waals surface area contributed by atoms with E-state index in [4.69, 9.17) is 0 Å². The molecule has 1 heterocycles. The molecule has 3 nitrogen and oxygen atoms in total. The minimum atomic E-state index is 0.916. The number of hydrogen-bond acceptors (Lipinski definition) is 3. The molecule has 0 aliphatic rings. The van der Waals surface area contributed by atoms with Crippen LogP contribution < -0.4 is 10.2 Å². The molecular weight excluding hydrogens is 222 g/mol. The summed E-state index contributed by atoms with van der Waals surface area (Å²) in [6, 6.07) is 4.21. The topological polar surface area (TPSA) is 28.2 Å². The fourth-order valence-electron chi connectivity index (χ4n) is 2.02. The Kier molecular flexibility index (Phi) is 7.42. The second-order valence-electron chi connectivity index (χ2n) is 4.60. The first-order valence-corrected chi connectivity index (χ1v) is 7.23. The predicted octanol–water partition coefficient (Wildman–Crippen LogP) is 3.21. The van der Waals surface area contributed by atoms with Crippen molar-refractivity contribution >= 4 is 5.82 Å². The molecule has 0 aliphatic carbocycles. The van der Waals surface area contributed by atoms with Gasteiger partial charge in [0, 0.05) is 31.4 Å². The van der Waals surface area contributed by atoms with E-state index in [1.807, 2.05) is 12.3 Å². The SMILES string of the molecule is CCCCN(CC)c1ncccc1CNCCC. The number of nitrogens with zero attached hydrogens (tertiary/aromatic N) is 2. The Hall–Kier alpha value is -1.09. The lowest BCUT2D eigenvalue weighted by molar-refractivity contribution is 0.665. The van der Waals surface area contributed by atoms with Crippen molar-refractivity contribution in [3.05, 3.63) is 23.9 Å². The summed E-state index contributed by atoms with van der Waals surface area (Å²) in [5, 5.41) is 3.46. The number of aromatic nitrogens is 1. The minimum absolute atomic E-state index is 0.916. The summed E-state index contributed by atoms with van der Waals surface area (Å²) in [5.41, 5.74) is 1.31. The van der Waals surface area contributed by atoms with E-state index in [-0.39, 0.29) is 0 Å². The van der Waals surface area contributed by atoms with E-state index in [2.05, 4.69) is 42.0 Å². The molecule has 102 valence electrons. The lowest BCUT2D eigenvalue weighted by Crippen LogP contribution is -2.27. The van der Waals surface area contributed by atoms with Crippen LogP contribution in [0.15, 0.2) is 18.3 Å². The van der Waals surface area contributed by atoms with Crippen molar-refractivity contribution in [2.45, 2.75) is 46.6 Å². The summed E-state index contributed by atoms with van der Waals surface area (Å²) in [6.07, 6.45) is 5.52. The Bertz CT molecular complexity index is 325. The second kappa shape index (κ2) is 8.92. The Balaban J connectivity index is 2.71. The summed E-state index contributed by atoms with van der Waals surface area (Å²) in [6.45, 7) is 10.7. The fourth-order valence-corrected chi connectivity index (χ4v) is 2.02. The molecule has 1 rings (SSSR count). The maximum atomic E-state index is 4.57. The quantitative estimate of drug-likeness (QED) is 0.681. The molecule has 0 unspecified atom stereocenters. The Morgan fingerprint density at radius 2 is 2.06 bits per heavy atom. The smallest absolute Gasteiger partial charge is 0.132 e. The molecule has 1 aromatic heterocycles. The monoisotopic (exact) mass is 249 g/mol. The third-order valence-corrected chi connectivity index (χ3v) is 3.07. The number of hydrogen-bond donors (Lipinski definition) is 1. The second-order valence-corrected chi connectivity index (χ2v) is 4.60. The third-order valence-electron chi connectivity index (χ3n) is 3.07. The molecule has 0 aliphatic heterocycles. The highest BCUT2D eigenvalue weighted by atomic mass is 15.2. The van der Waals surface area contributed by atoms with Crippen LogP contribution in [0.2, 0.25) is 0 Å². The van der Waals surface area contributed by atoms with Crippen LogP contribution in [0.25, 0.3) is 0 Å². The van der Waals surface area contributed by atoms with E-state index in [0.29, 0.717) is 0 Å². The predicted molar refractivity (Wildman–Crippen MR) is 79.0 cm³/mol. The summed E-state index contributed by atoms with van der Waals surface area (Å²) in [5.74, 6) is 1.15. The number of rotatable bonds is 9. The zero-order valence-electron chi connectivity index (χ0n) is 12.1. The maximum Gasteiger partial charge on any atom is 0.132 e. The molecule has 3 heteroatoms. The van der Waals surface area contributed by atoms with E-state index < -0.39 is 0 Å². The number of unbranched alkanes of at least 4 members (excludes halogenated alkanes) is 1. The van der Waals surface area contributed by atoms with Crippen molar-refractivity contribution in [2.24, 2.45) is 0 Å². The van der Waals surface area contributed by atoms with Gasteiger partial charge >= 0.3 is 0 Å². The zero-order chi connectivity index (χ0) is 13.2. The molecular formula is C15H27N3. The molecule has 0 fully saturated rings. The average Bonchev–Trinajstić information content (AvgIpc) is 2.41. The van der Waals surface area contributed by atoms with E-state index in [1.54, 1.807) is 0 Å². The summed E-state index contributed by atoms with van der Waals surface area (Å²) in [7, 11) is 0. The van der Waals surface area contributed by atoms with Gasteiger partial charge in [-0.15, -0.1) is 0 Å². The largest absolute Gasteiger partial charge is 0.357 e. The van der Waals surface area contributed by atoms with Crippen molar-refractivity contribution in [1.82, 2.24) is 10.3 Å². The lowest BCUT2D eigenvalue weighted by atomic mass is 10.2. The van der Waals surface area contributed by atoms with Gasteiger partial charge in [-0.1, -0.05) is 26.3 Å². The van der Waals surface area contributed by atoms with Gasteiger partial charge in [0.05, 0.1) is 0 Å².